The van der Waals surface area contributed by atoms with Gasteiger partial charge in [-0.1, -0.05) is 148 Å². The molecule has 2 spiro atoms. The average molecular weight is 864 g/mol. The minimum absolute atomic E-state index is 0.0763. The van der Waals surface area contributed by atoms with E-state index in [-0.39, 0.29) is 32.5 Å². The Morgan fingerprint density at radius 3 is 1.65 bits per heavy atom. The molecule has 1 nitrogen and oxygen atoms in total. The van der Waals surface area contributed by atoms with Gasteiger partial charge in [-0.15, -0.1) is 0 Å². The van der Waals surface area contributed by atoms with Crippen molar-refractivity contribution < 1.29 is 0 Å². The van der Waals surface area contributed by atoms with Crippen LogP contribution in [0.4, 0.5) is 17.1 Å². The van der Waals surface area contributed by atoms with Crippen LogP contribution in [-0.4, -0.2) is 0 Å². The van der Waals surface area contributed by atoms with Crippen LogP contribution < -0.4 is 4.90 Å². The lowest BCUT2D eigenvalue weighted by molar-refractivity contribution is -0.231. The van der Waals surface area contributed by atoms with Crippen LogP contribution in [0.2, 0.25) is 0 Å². The van der Waals surface area contributed by atoms with E-state index >= 15 is 0 Å². The van der Waals surface area contributed by atoms with Gasteiger partial charge in [0.1, 0.15) is 0 Å². The van der Waals surface area contributed by atoms with Gasteiger partial charge in [0.25, 0.3) is 0 Å². The molecule has 8 aliphatic rings. The van der Waals surface area contributed by atoms with E-state index in [1.54, 1.807) is 22.3 Å². The van der Waals surface area contributed by atoms with Gasteiger partial charge < -0.3 is 4.90 Å². The molecule has 0 radical (unpaired) electrons. The summed E-state index contributed by atoms with van der Waals surface area (Å²) in [4.78, 5) is 2.71. The van der Waals surface area contributed by atoms with Crippen molar-refractivity contribution in [1.82, 2.24) is 0 Å². The van der Waals surface area contributed by atoms with Crippen molar-refractivity contribution in [2.75, 3.05) is 4.90 Å². The lowest BCUT2D eigenvalue weighted by Crippen LogP contribution is -2.73. The molecule has 334 valence electrons. The molecule has 6 aromatic carbocycles. The van der Waals surface area contributed by atoms with Crippen LogP contribution in [0.1, 0.15) is 165 Å². The van der Waals surface area contributed by atoms with Crippen molar-refractivity contribution in [1.29, 1.82) is 0 Å². The molecule has 4 saturated carbocycles. The van der Waals surface area contributed by atoms with Crippen molar-refractivity contribution in [3.05, 3.63) is 160 Å². The molecule has 0 aromatic heterocycles. The van der Waals surface area contributed by atoms with Crippen molar-refractivity contribution in [2.45, 2.75) is 153 Å². The second kappa shape index (κ2) is 12.4. The number of hydrogen-bond donors (Lipinski definition) is 0. The highest BCUT2D eigenvalue weighted by molar-refractivity contribution is 5.98. The first kappa shape index (κ1) is 40.2. The topological polar surface area (TPSA) is 3.24 Å². The molecule has 1 heteroatoms. The van der Waals surface area contributed by atoms with Crippen LogP contribution in [0.15, 0.2) is 115 Å². The molecule has 0 heterocycles. The Morgan fingerprint density at radius 1 is 0.409 bits per heavy atom. The van der Waals surface area contributed by atoms with E-state index in [0.29, 0.717) is 5.41 Å². The molecule has 0 N–H and O–H groups in total. The number of hydrogen-bond acceptors (Lipinski definition) is 1. The van der Waals surface area contributed by atoms with Crippen LogP contribution in [-0.2, 0) is 32.5 Å². The number of rotatable bonds is 4. The summed E-state index contributed by atoms with van der Waals surface area (Å²) in [6.07, 6.45) is 10.6. The van der Waals surface area contributed by atoms with Crippen LogP contribution >= 0.6 is 0 Å². The van der Waals surface area contributed by atoms with Crippen LogP contribution in [0.25, 0.3) is 33.4 Å². The highest BCUT2D eigenvalue weighted by Crippen LogP contribution is 2.90. The van der Waals surface area contributed by atoms with Crippen molar-refractivity contribution in [2.24, 2.45) is 29.1 Å². The summed E-state index contributed by atoms with van der Waals surface area (Å²) in [5.74, 6) is 3.33. The summed E-state index contributed by atoms with van der Waals surface area (Å²) in [5, 5.41) is 0. The number of anilines is 3. The zero-order valence-corrected chi connectivity index (χ0v) is 41.4. The summed E-state index contributed by atoms with van der Waals surface area (Å²) in [6, 6.07) is 47.2. The second-order valence-electron chi connectivity index (χ2n) is 26.3. The number of benzene rings is 6. The van der Waals surface area contributed by atoms with Gasteiger partial charge in [-0.2, -0.15) is 0 Å². The maximum absolute atomic E-state index is 2.76. The summed E-state index contributed by atoms with van der Waals surface area (Å²) in [5.41, 5.74) is 25.8. The fraction of sp³-hybridized carbons (Fsp3) is 0.446. The first-order valence-corrected chi connectivity index (χ1v) is 26.0. The molecule has 2 bridgehead atoms. The van der Waals surface area contributed by atoms with Crippen LogP contribution in [0.5, 0.6) is 0 Å². The largest absolute Gasteiger partial charge is 0.310 e. The maximum Gasteiger partial charge on any atom is 0.0471 e. The molecule has 6 atom stereocenters. The van der Waals surface area contributed by atoms with Crippen molar-refractivity contribution in [3.8, 4) is 33.4 Å². The van der Waals surface area contributed by atoms with Gasteiger partial charge in [-0.25, -0.2) is 0 Å². The van der Waals surface area contributed by atoms with Gasteiger partial charge >= 0.3 is 0 Å². The van der Waals surface area contributed by atoms with Crippen LogP contribution in [0.3, 0.4) is 0 Å². The zero-order valence-electron chi connectivity index (χ0n) is 41.4. The third-order valence-electron chi connectivity index (χ3n) is 21.1. The molecule has 6 unspecified atom stereocenters. The Bertz CT molecular complexity index is 3130. The van der Waals surface area contributed by atoms with E-state index < -0.39 is 0 Å². The van der Waals surface area contributed by atoms with Crippen molar-refractivity contribution >= 4 is 17.1 Å². The summed E-state index contributed by atoms with van der Waals surface area (Å²) in [6.45, 7) is 24.7. The first-order valence-electron chi connectivity index (χ1n) is 26.0. The van der Waals surface area contributed by atoms with Gasteiger partial charge in [0.2, 0.25) is 0 Å². The van der Waals surface area contributed by atoms with E-state index in [4.69, 9.17) is 0 Å². The summed E-state index contributed by atoms with van der Waals surface area (Å²) < 4.78 is 0. The van der Waals surface area contributed by atoms with Gasteiger partial charge in [-0.05, 0) is 216 Å². The zero-order chi connectivity index (χ0) is 45.3. The molecule has 0 saturated heterocycles. The van der Waals surface area contributed by atoms with E-state index in [1.807, 2.05) is 0 Å². The molecule has 0 aliphatic heterocycles. The average Bonchev–Trinajstić information content (AvgIpc) is 3.99. The minimum atomic E-state index is -0.100. The second-order valence-corrected chi connectivity index (χ2v) is 26.3. The fourth-order valence-electron chi connectivity index (χ4n) is 17.5. The monoisotopic (exact) mass is 864 g/mol. The first-order chi connectivity index (χ1) is 31.4. The van der Waals surface area contributed by atoms with Crippen molar-refractivity contribution in [3.63, 3.8) is 0 Å². The predicted molar refractivity (Wildman–Crippen MR) is 276 cm³/mol. The Balaban J connectivity index is 1.06. The highest BCUT2D eigenvalue weighted by Gasteiger charge is 2.84. The van der Waals surface area contributed by atoms with E-state index in [0.717, 1.165) is 23.7 Å². The van der Waals surface area contributed by atoms with E-state index in [9.17, 15) is 0 Å². The fourth-order valence-corrected chi connectivity index (χ4v) is 17.5. The standard InChI is InChI=1S/C65H69N/c1-59(2)25-27-61(5,6)53-31-39(19-23-50(53)59)47-33-43(36-55-58(47)46-16-12-14-18-49(46)65(55)56-30-38-29-40-32-57(65)64(40,56)37-38)66(42-21-24-51-54(35-42)62(7,8)28-26-60(51,3)4)41-20-22-45-44-15-11-13-17-48(44)63(9,10)52(45)34-41/h11-24,31,33-36,38,40,56-57H,25-30,32,37H2,1-10H3. The molecule has 6 aromatic rings. The van der Waals surface area contributed by atoms with Crippen LogP contribution in [0, 0.1) is 29.1 Å². The molecule has 8 aliphatic carbocycles. The van der Waals surface area contributed by atoms with Gasteiger partial charge in [0.15, 0.2) is 0 Å². The predicted octanol–water partition coefficient (Wildman–Crippen LogP) is 17.2. The molecular formula is C65H69N. The highest BCUT2D eigenvalue weighted by atomic mass is 15.1. The molecule has 14 rings (SSSR count). The minimum Gasteiger partial charge on any atom is -0.310 e. The number of nitrogens with zero attached hydrogens (tertiary/aromatic N) is 1. The van der Waals surface area contributed by atoms with E-state index in [2.05, 4.69) is 189 Å². The Morgan fingerprint density at radius 2 is 0.955 bits per heavy atom. The summed E-state index contributed by atoms with van der Waals surface area (Å²) in [7, 11) is 0. The Hall–Kier alpha value is -4.88. The molecular weight excluding hydrogens is 795 g/mol. The van der Waals surface area contributed by atoms with Gasteiger partial charge in [-0.3, -0.25) is 0 Å². The quantitative estimate of drug-likeness (QED) is 0.171. The Kier molecular flexibility index (Phi) is 7.56. The third-order valence-corrected chi connectivity index (χ3v) is 21.1. The lowest BCUT2D eigenvalue weighted by Gasteiger charge is -2.76. The molecule has 0 amide bonds. The smallest absolute Gasteiger partial charge is 0.0471 e. The Labute approximate surface area is 395 Å². The number of fused-ring (bicyclic) bond motifs is 13. The normalized spacial score (nSPS) is 30.2. The SMILES string of the molecule is CC1(C)CCC(C)(C)c2cc(-c3cc(N(c4ccc5c(c4)C(C)(C)CCC5(C)C)c4ccc5c(c4)C(C)(C)c4ccccc4-5)cc4c3-c3ccccc3C43C4CC5CC6CC3C64C5)ccc21. The summed E-state index contributed by atoms with van der Waals surface area (Å²) >= 11 is 0. The molecule has 66 heavy (non-hydrogen) atoms. The lowest BCUT2D eigenvalue weighted by atomic mass is 9.27. The van der Waals surface area contributed by atoms with Gasteiger partial charge in [0, 0.05) is 27.9 Å². The maximum atomic E-state index is 2.76. The van der Waals surface area contributed by atoms with E-state index in [1.165, 1.54) is 124 Å². The van der Waals surface area contributed by atoms with Gasteiger partial charge in [0.05, 0.1) is 0 Å². The molecule has 4 fully saturated rings. The third kappa shape index (κ3) is 4.75.